The van der Waals surface area contributed by atoms with E-state index in [9.17, 15) is 4.79 Å². The molecule has 1 rings (SSSR count). The monoisotopic (exact) mass is 215 g/mol. The maximum absolute atomic E-state index is 10.4. The van der Waals surface area contributed by atoms with E-state index in [0.29, 0.717) is 10.8 Å². The Kier molecular flexibility index (Phi) is 3.73. The van der Waals surface area contributed by atoms with Crippen molar-refractivity contribution in [2.75, 3.05) is 6.61 Å². The zero-order valence-corrected chi connectivity index (χ0v) is 8.07. The summed E-state index contributed by atoms with van der Waals surface area (Å²) in [5, 5.41) is 9.02. The van der Waals surface area contributed by atoms with Crippen molar-refractivity contribution in [2.45, 2.75) is 6.04 Å². The van der Waals surface area contributed by atoms with Gasteiger partial charge >= 0.3 is 5.97 Å². The first-order valence-electron chi connectivity index (χ1n) is 3.96. The highest BCUT2D eigenvalue weighted by Crippen LogP contribution is 2.16. The molecule has 0 saturated carbocycles. The summed E-state index contributed by atoms with van der Waals surface area (Å²) in [6.07, 6.45) is 0. The molecule has 0 heterocycles. The Hall–Kier alpha value is -1.26. The number of rotatable bonds is 4. The first-order valence-corrected chi connectivity index (χ1v) is 4.34. The first kappa shape index (κ1) is 10.8. The maximum Gasteiger partial charge on any atom is 0.324 e. The minimum Gasteiger partial charge on any atom is -0.491 e. The van der Waals surface area contributed by atoms with Crippen molar-refractivity contribution in [1.82, 2.24) is 0 Å². The number of ether oxygens (including phenoxy) is 1. The molecule has 3 N–H and O–H groups in total. The van der Waals surface area contributed by atoms with Crippen LogP contribution in [0.15, 0.2) is 24.3 Å². The van der Waals surface area contributed by atoms with E-state index in [2.05, 4.69) is 0 Å². The van der Waals surface area contributed by atoms with Crippen LogP contribution in [0.3, 0.4) is 0 Å². The van der Waals surface area contributed by atoms with Crippen molar-refractivity contribution in [3.8, 4) is 5.75 Å². The third-order valence-electron chi connectivity index (χ3n) is 1.54. The molecule has 0 saturated heterocycles. The number of carboxylic acid groups (broad SMARTS) is 1. The number of carboxylic acids is 1. The van der Waals surface area contributed by atoms with Crippen LogP contribution in [-0.4, -0.2) is 23.7 Å². The minimum atomic E-state index is -1.09. The number of hydrogen-bond donors (Lipinski definition) is 2. The van der Waals surface area contributed by atoms with Crippen LogP contribution in [-0.2, 0) is 4.79 Å². The summed E-state index contributed by atoms with van der Waals surface area (Å²) in [4.78, 5) is 10.4. The van der Waals surface area contributed by atoms with Gasteiger partial charge in [0, 0.05) is 5.02 Å². The second-order valence-corrected chi connectivity index (χ2v) is 3.15. The Labute approximate surface area is 86.2 Å². The third kappa shape index (κ3) is 3.24. The fourth-order valence-electron chi connectivity index (χ4n) is 0.814. The van der Waals surface area contributed by atoms with E-state index in [-0.39, 0.29) is 6.61 Å². The maximum atomic E-state index is 10.4. The van der Waals surface area contributed by atoms with Crippen LogP contribution in [0.5, 0.6) is 5.75 Å². The Morgan fingerprint density at radius 2 is 2.36 bits per heavy atom. The van der Waals surface area contributed by atoms with Crippen molar-refractivity contribution in [3.63, 3.8) is 0 Å². The molecule has 0 fully saturated rings. The first-order chi connectivity index (χ1) is 6.59. The topological polar surface area (TPSA) is 72.5 Å². The van der Waals surface area contributed by atoms with Crippen molar-refractivity contribution in [1.29, 1.82) is 0 Å². The van der Waals surface area contributed by atoms with Crippen LogP contribution in [0.25, 0.3) is 0 Å². The van der Waals surface area contributed by atoms with E-state index in [1.54, 1.807) is 24.3 Å². The zero-order chi connectivity index (χ0) is 10.6. The van der Waals surface area contributed by atoms with Gasteiger partial charge < -0.3 is 15.6 Å². The van der Waals surface area contributed by atoms with Gasteiger partial charge in [-0.05, 0) is 18.2 Å². The second-order valence-electron chi connectivity index (χ2n) is 2.71. The summed E-state index contributed by atoms with van der Waals surface area (Å²) in [7, 11) is 0. The van der Waals surface area contributed by atoms with E-state index in [1.807, 2.05) is 0 Å². The van der Waals surface area contributed by atoms with Gasteiger partial charge in [0.1, 0.15) is 18.4 Å². The van der Waals surface area contributed by atoms with Crippen molar-refractivity contribution in [2.24, 2.45) is 5.73 Å². The van der Waals surface area contributed by atoms with Crippen LogP contribution in [0.4, 0.5) is 0 Å². The molecule has 76 valence electrons. The number of halogens is 1. The van der Waals surface area contributed by atoms with Gasteiger partial charge in [-0.2, -0.15) is 0 Å². The fraction of sp³-hybridized carbons (Fsp3) is 0.222. The summed E-state index contributed by atoms with van der Waals surface area (Å²) in [5.41, 5.74) is 5.24. The number of carbonyl (C=O) groups is 1. The minimum absolute atomic E-state index is 0.0737. The highest BCUT2D eigenvalue weighted by atomic mass is 35.5. The third-order valence-corrected chi connectivity index (χ3v) is 1.78. The average Bonchev–Trinajstić information content (AvgIpc) is 2.14. The Morgan fingerprint density at radius 1 is 1.64 bits per heavy atom. The van der Waals surface area contributed by atoms with E-state index in [4.69, 9.17) is 27.2 Å². The van der Waals surface area contributed by atoms with Gasteiger partial charge in [0.15, 0.2) is 0 Å². The summed E-state index contributed by atoms with van der Waals surface area (Å²) in [6.45, 7) is -0.0737. The molecule has 0 aliphatic rings. The summed E-state index contributed by atoms with van der Waals surface area (Å²) in [6, 6.07) is 5.67. The number of nitrogens with two attached hydrogens (primary N) is 1. The Balaban J connectivity index is 2.49. The lowest BCUT2D eigenvalue weighted by Crippen LogP contribution is -2.36. The van der Waals surface area contributed by atoms with Gasteiger partial charge in [0.2, 0.25) is 0 Å². The average molecular weight is 216 g/mol. The molecule has 5 heteroatoms. The molecular formula is C9H10ClNO3. The lowest BCUT2D eigenvalue weighted by atomic mass is 10.3. The summed E-state index contributed by atoms with van der Waals surface area (Å²) in [5.74, 6) is -0.582. The molecular weight excluding hydrogens is 206 g/mol. The Bertz CT molecular complexity index is 330. The Morgan fingerprint density at radius 3 is 2.93 bits per heavy atom. The van der Waals surface area contributed by atoms with Gasteiger partial charge in [-0.3, -0.25) is 4.79 Å². The van der Waals surface area contributed by atoms with Gasteiger partial charge in [-0.25, -0.2) is 0 Å². The molecule has 1 aromatic rings. The van der Waals surface area contributed by atoms with Crippen LogP contribution < -0.4 is 10.5 Å². The van der Waals surface area contributed by atoms with Gasteiger partial charge in [0.05, 0.1) is 0 Å². The van der Waals surface area contributed by atoms with Crippen molar-refractivity contribution in [3.05, 3.63) is 29.3 Å². The largest absolute Gasteiger partial charge is 0.491 e. The van der Waals surface area contributed by atoms with Crippen LogP contribution >= 0.6 is 11.6 Å². The molecule has 4 nitrogen and oxygen atoms in total. The molecule has 0 amide bonds. The summed E-state index contributed by atoms with van der Waals surface area (Å²) >= 11 is 5.70. The summed E-state index contributed by atoms with van der Waals surface area (Å²) < 4.78 is 5.12. The molecule has 0 aromatic heterocycles. The normalized spacial score (nSPS) is 12.1. The molecule has 0 aliphatic heterocycles. The van der Waals surface area contributed by atoms with E-state index >= 15 is 0 Å². The van der Waals surface area contributed by atoms with E-state index in [0.717, 1.165) is 0 Å². The molecule has 1 aromatic carbocycles. The SMILES string of the molecule is N[C@@H](COc1cccc(Cl)c1)C(=O)O. The van der Waals surface area contributed by atoms with Gasteiger partial charge in [0.25, 0.3) is 0 Å². The molecule has 1 atom stereocenters. The number of benzene rings is 1. The molecule has 14 heavy (non-hydrogen) atoms. The molecule has 0 bridgehead atoms. The molecule has 0 radical (unpaired) electrons. The number of hydrogen-bond acceptors (Lipinski definition) is 3. The lowest BCUT2D eigenvalue weighted by Gasteiger charge is -2.08. The predicted octanol–water partition coefficient (Wildman–Crippen LogP) is 1.13. The van der Waals surface area contributed by atoms with Crippen LogP contribution in [0.2, 0.25) is 5.02 Å². The van der Waals surface area contributed by atoms with Crippen LogP contribution in [0, 0.1) is 0 Å². The molecule has 0 spiro atoms. The van der Waals surface area contributed by atoms with E-state index < -0.39 is 12.0 Å². The fourth-order valence-corrected chi connectivity index (χ4v) is 0.994. The standard InChI is InChI=1S/C9H10ClNO3/c10-6-2-1-3-7(4-6)14-5-8(11)9(12)13/h1-4,8H,5,11H2,(H,12,13)/t8-/m0/s1. The molecule has 0 unspecified atom stereocenters. The smallest absolute Gasteiger partial charge is 0.324 e. The highest BCUT2D eigenvalue weighted by Gasteiger charge is 2.11. The predicted molar refractivity (Wildman–Crippen MR) is 52.6 cm³/mol. The van der Waals surface area contributed by atoms with E-state index in [1.165, 1.54) is 0 Å². The van der Waals surface area contributed by atoms with Gasteiger partial charge in [-0.15, -0.1) is 0 Å². The highest BCUT2D eigenvalue weighted by molar-refractivity contribution is 6.30. The second kappa shape index (κ2) is 4.83. The lowest BCUT2D eigenvalue weighted by molar-refractivity contribution is -0.139. The van der Waals surface area contributed by atoms with Gasteiger partial charge in [-0.1, -0.05) is 17.7 Å². The quantitative estimate of drug-likeness (QED) is 0.790. The van der Waals surface area contributed by atoms with Crippen molar-refractivity contribution >= 4 is 17.6 Å². The molecule has 0 aliphatic carbocycles. The van der Waals surface area contributed by atoms with Crippen molar-refractivity contribution < 1.29 is 14.6 Å². The number of aliphatic carboxylic acids is 1. The van der Waals surface area contributed by atoms with Crippen LogP contribution in [0.1, 0.15) is 0 Å². The zero-order valence-electron chi connectivity index (χ0n) is 7.31.